The highest BCUT2D eigenvalue weighted by Crippen LogP contribution is 2.02. The Kier molecular flexibility index (Phi) is 6.02. The zero-order valence-corrected chi connectivity index (χ0v) is 7.97. The quantitative estimate of drug-likeness (QED) is 0.504. The van der Waals surface area contributed by atoms with Crippen LogP contribution in [0.4, 0.5) is 0 Å². The van der Waals surface area contributed by atoms with Gasteiger partial charge in [0.1, 0.15) is 0 Å². The summed E-state index contributed by atoms with van der Waals surface area (Å²) in [6, 6.07) is 0. The lowest BCUT2D eigenvalue weighted by molar-refractivity contribution is -0.118. The van der Waals surface area contributed by atoms with Gasteiger partial charge in [0.05, 0.1) is 5.75 Å². The van der Waals surface area contributed by atoms with Crippen molar-refractivity contribution in [2.24, 2.45) is 5.92 Å². The maximum Gasteiger partial charge on any atom is 0.230 e. The van der Waals surface area contributed by atoms with E-state index in [0.717, 1.165) is 6.54 Å². The molecule has 0 rings (SSSR count). The van der Waals surface area contributed by atoms with Gasteiger partial charge < -0.3 is 5.32 Å². The smallest absolute Gasteiger partial charge is 0.230 e. The predicted molar refractivity (Wildman–Crippen MR) is 49.3 cm³/mol. The first kappa shape index (κ1) is 10.2. The fourth-order valence-electron chi connectivity index (χ4n) is 0.428. The van der Waals surface area contributed by atoms with Crippen LogP contribution < -0.4 is 5.32 Å². The van der Waals surface area contributed by atoms with Crippen molar-refractivity contribution in [2.45, 2.75) is 13.8 Å². The summed E-state index contributed by atoms with van der Waals surface area (Å²) in [4.78, 5) is 10.8. The zero-order chi connectivity index (χ0) is 7.98. The maximum absolute atomic E-state index is 10.8. The van der Waals surface area contributed by atoms with Crippen molar-refractivity contribution < 1.29 is 4.79 Å². The topological polar surface area (TPSA) is 29.1 Å². The van der Waals surface area contributed by atoms with E-state index < -0.39 is 0 Å². The number of carbonyl (C=O) groups is 1. The van der Waals surface area contributed by atoms with E-state index in [1.165, 1.54) is 10.8 Å². The summed E-state index contributed by atoms with van der Waals surface area (Å²) >= 11 is 3.86. The summed E-state index contributed by atoms with van der Waals surface area (Å²) in [6.07, 6.45) is 0. The molecule has 0 aromatic rings. The molecule has 0 aliphatic heterocycles. The van der Waals surface area contributed by atoms with Crippen molar-refractivity contribution in [1.29, 1.82) is 0 Å². The van der Waals surface area contributed by atoms with Gasteiger partial charge in [-0.3, -0.25) is 4.79 Å². The average Bonchev–Trinajstić information content (AvgIpc) is 1.85. The van der Waals surface area contributed by atoms with Crippen LogP contribution in [0.25, 0.3) is 0 Å². The minimum atomic E-state index is 0.0636. The van der Waals surface area contributed by atoms with Gasteiger partial charge in [0.25, 0.3) is 0 Å². The number of hydrogen-bond acceptors (Lipinski definition) is 3. The second-order valence-electron chi connectivity index (χ2n) is 2.47. The Hall–Kier alpha value is 0.170. The monoisotopic (exact) mass is 179 g/mol. The van der Waals surface area contributed by atoms with Gasteiger partial charge in [-0.25, -0.2) is 0 Å². The van der Waals surface area contributed by atoms with Crippen LogP contribution in [0.15, 0.2) is 0 Å². The number of hydrogen-bond donors (Lipinski definition) is 2. The molecule has 0 radical (unpaired) electrons. The minimum Gasteiger partial charge on any atom is -0.355 e. The Labute approximate surface area is 71.0 Å². The Morgan fingerprint density at radius 2 is 2.30 bits per heavy atom. The van der Waals surface area contributed by atoms with Crippen LogP contribution in [-0.2, 0) is 4.79 Å². The van der Waals surface area contributed by atoms with Crippen molar-refractivity contribution >= 4 is 28.4 Å². The molecule has 1 amide bonds. The van der Waals surface area contributed by atoms with Crippen molar-refractivity contribution in [2.75, 3.05) is 12.3 Å². The molecule has 0 unspecified atom stereocenters. The third-order valence-electron chi connectivity index (χ3n) is 0.903. The van der Waals surface area contributed by atoms with Crippen molar-refractivity contribution in [1.82, 2.24) is 5.32 Å². The molecule has 0 heterocycles. The Morgan fingerprint density at radius 1 is 1.70 bits per heavy atom. The van der Waals surface area contributed by atoms with E-state index in [1.807, 2.05) is 0 Å². The molecule has 1 N–H and O–H groups in total. The lowest BCUT2D eigenvalue weighted by Crippen LogP contribution is -2.28. The lowest BCUT2D eigenvalue weighted by Gasteiger charge is -2.05. The summed E-state index contributed by atoms with van der Waals surface area (Å²) in [5, 5.41) is 2.77. The molecule has 0 bridgehead atoms. The first-order valence-corrected chi connectivity index (χ1v) is 5.23. The first-order valence-electron chi connectivity index (χ1n) is 3.20. The summed E-state index contributed by atoms with van der Waals surface area (Å²) in [6.45, 7) is 4.88. The summed E-state index contributed by atoms with van der Waals surface area (Å²) in [5.74, 6) is 1.03. The normalized spacial score (nSPS) is 10.0. The number of thiol groups is 1. The number of nitrogens with one attached hydrogen (secondary N) is 1. The second-order valence-corrected chi connectivity index (χ2v) is 3.79. The third kappa shape index (κ3) is 6.29. The van der Waals surface area contributed by atoms with Crippen LogP contribution in [0.5, 0.6) is 0 Å². The highest BCUT2D eigenvalue weighted by Gasteiger charge is 1.99. The van der Waals surface area contributed by atoms with Crippen LogP contribution in [0.2, 0.25) is 0 Å². The molecule has 4 heteroatoms. The maximum atomic E-state index is 10.8. The summed E-state index contributed by atoms with van der Waals surface area (Å²) in [5.41, 5.74) is 0. The number of rotatable bonds is 4. The molecule has 0 aromatic carbocycles. The van der Waals surface area contributed by atoms with E-state index in [2.05, 4.69) is 30.8 Å². The Morgan fingerprint density at radius 3 is 2.70 bits per heavy atom. The van der Waals surface area contributed by atoms with Gasteiger partial charge in [-0.15, -0.1) is 11.7 Å². The molecule has 0 aromatic heterocycles. The molecule has 0 atom stereocenters. The fraction of sp³-hybridized carbons (Fsp3) is 0.833. The molecule has 60 valence electrons. The SMILES string of the molecule is CC(C)CNC(=O)CSS. The summed E-state index contributed by atoms with van der Waals surface area (Å²) < 4.78 is 0. The fourth-order valence-corrected chi connectivity index (χ4v) is 0.999. The highest BCUT2D eigenvalue weighted by molar-refractivity contribution is 8.68. The van der Waals surface area contributed by atoms with Gasteiger partial charge >= 0.3 is 0 Å². The average molecular weight is 179 g/mol. The lowest BCUT2D eigenvalue weighted by atomic mass is 10.2. The molecular weight excluding hydrogens is 166 g/mol. The Balaban J connectivity index is 3.22. The molecule has 10 heavy (non-hydrogen) atoms. The van der Waals surface area contributed by atoms with E-state index in [9.17, 15) is 4.79 Å². The van der Waals surface area contributed by atoms with E-state index in [4.69, 9.17) is 0 Å². The van der Waals surface area contributed by atoms with E-state index in [-0.39, 0.29) is 5.91 Å². The zero-order valence-electron chi connectivity index (χ0n) is 6.26. The summed E-state index contributed by atoms with van der Waals surface area (Å²) in [7, 11) is 1.24. The van der Waals surface area contributed by atoms with Crippen LogP contribution in [0.3, 0.4) is 0 Å². The molecular formula is C6H13NOS2. The number of carbonyl (C=O) groups excluding carboxylic acids is 1. The van der Waals surface area contributed by atoms with Gasteiger partial charge in [0, 0.05) is 6.54 Å². The van der Waals surface area contributed by atoms with E-state index >= 15 is 0 Å². The number of amides is 1. The van der Waals surface area contributed by atoms with Crippen LogP contribution in [-0.4, -0.2) is 18.2 Å². The van der Waals surface area contributed by atoms with Crippen molar-refractivity contribution in [3.63, 3.8) is 0 Å². The first-order chi connectivity index (χ1) is 4.66. The van der Waals surface area contributed by atoms with Crippen molar-refractivity contribution in [3.8, 4) is 0 Å². The Bertz CT molecular complexity index is 106. The minimum absolute atomic E-state index is 0.0636. The van der Waals surface area contributed by atoms with Crippen LogP contribution in [0.1, 0.15) is 13.8 Å². The standard InChI is InChI=1S/C6H13NOS2/c1-5(2)3-7-6(8)4-10-9/h5,9H,3-4H2,1-2H3,(H,7,8). The van der Waals surface area contributed by atoms with E-state index in [0.29, 0.717) is 11.7 Å². The van der Waals surface area contributed by atoms with Crippen molar-refractivity contribution in [3.05, 3.63) is 0 Å². The predicted octanol–water partition coefficient (Wildman–Crippen LogP) is 1.34. The highest BCUT2D eigenvalue weighted by atomic mass is 33.1. The molecule has 0 aliphatic carbocycles. The molecule has 0 saturated carbocycles. The molecule has 0 aliphatic rings. The third-order valence-corrected chi connectivity index (χ3v) is 1.68. The van der Waals surface area contributed by atoms with Crippen LogP contribution in [0, 0.1) is 5.92 Å². The molecule has 0 fully saturated rings. The molecule has 0 saturated heterocycles. The van der Waals surface area contributed by atoms with Crippen LogP contribution >= 0.6 is 22.5 Å². The van der Waals surface area contributed by atoms with Gasteiger partial charge in [0.15, 0.2) is 0 Å². The second kappa shape index (κ2) is 5.92. The van der Waals surface area contributed by atoms with Gasteiger partial charge in [-0.1, -0.05) is 24.6 Å². The molecule has 2 nitrogen and oxygen atoms in total. The largest absolute Gasteiger partial charge is 0.355 e. The molecule has 0 spiro atoms. The van der Waals surface area contributed by atoms with E-state index in [1.54, 1.807) is 0 Å². The van der Waals surface area contributed by atoms with Gasteiger partial charge in [-0.05, 0) is 5.92 Å². The van der Waals surface area contributed by atoms with Gasteiger partial charge in [-0.2, -0.15) is 0 Å². The van der Waals surface area contributed by atoms with Gasteiger partial charge in [0.2, 0.25) is 5.91 Å².